The van der Waals surface area contributed by atoms with E-state index in [4.69, 9.17) is 14.2 Å². The van der Waals surface area contributed by atoms with Crippen molar-refractivity contribution in [2.45, 2.75) is 6.92 Å². The largest absolute Gasteiger partial charge is 0.497 e. The normalized spacial score (nSPS) is 9.92. The van der Waals surface area contributed by atoms with E-state index < -0.39 is 18.5 Å². The van der Waals surface area contributed by atoms with Crippen LogP contribution in [0.25, 0.3) is 0 Å². The van der Waals surface area contributed by atoms with Gasteiger partial charge in [0.1, 0.15) is 11.5 Å². The predicted octanol–water partition coefficient (Wildman–Crippen LogP) is 2.89. The van der Waals surface area contributed by atoms with Gasteiger partial charge >= 0.3 is 5.97 Å². The highest BCUT2D eigenvalue weighted by Crippen LogP contribution is 2.23. The highest BCUT2D eigenvalue weighted by atomic mass is 16.5. The molecular formula is C18H19NO5. The van der Waals surface area contributed by atoms with Crippen molar-refractivity contribution < 1.29 is 23.8 Å². The van der Waals surface area contributed by atoms with Crippen LogP contribution in [0.4, 0.5) is 5.69 Å². The summed E-state index contributed by atoms with van der Waals surface area (Å²) in [5.41, 5.74) is 0.846. The molecule has 0 heterocycles. The van der Waals surface area contributed by atoms with Gasteiger partial charge in [-0.05, 0) is 37.3 Å². The second-order valence-electron chi connectivity index (χ2n) is 4.79. The molecule has 0 fully saturated rings. The third kappa shape index (κ3) is 4.74. The second kappa shape index (κ2) is 8.57. The van der Waals surface area contributed by atoms with Crippen LogP contribution >= 0.6 is 0 Å². The van der Waals surface area contributed by atoms with Crippen molar-refractivity contribution in [1.82, 2.24) is 0 Å². The molecule has 0 saturated heterocycles. The summed E-state index contributed by atoms with van der Waals surface area (Å²) < 4.78 is 15.5. The molecule has 24 heavy (non-hydrogen) atoms. The predicted molar refractivity (Wildman–Crippen MR) is 89.5 cm³/mol. The molecule has 1 N–H and O–H groups in total. The lowest BCUT2D eigenvalue weighted by Crippen LogP contribution is -2.21. The van der Waals surface area contributed by atoms with Crippen molar-refractivity contribution in [2.24, 2.45) is 0 Å². The number of carbonyl (C=O) groups is 2. The SMILES string of the molecule is CCOc1ccccc1NC(=O)COC(=O)c1cccc(OC)c1. The van der Waals surface area contributed by atoms with Gasteiger partial charge in [0.25, 0.3) is 5.91 Å². The summed E-state index contributed by atoms with van der Waals surface area (Å²) >= 11 is 0. The molecule has 2 rings (SSSR count). The molecule has 0 spiro atoms. The first-order valence-corrected chi connectivity index (χ1v) is 7.47. The number of methoxy groups -OCH3 is 1. The minimum Gasteiger partial charge on any atom is -0.497 e. The monoisotopic (exact) mass is 329 g/mol. The van der Waals surface area contributed by atoms with E-state index in [2.05, 4.69) is 5.32 Å². The maximum Gasteiger partial charge on any atom is 0.338 e. The number of hydrogen-bond acceptors (Lipinski definition) is 5. The number of nitrogens with one attached hydrogen (secondary N) is 1. The van der Waals surface area contributed by atoms with Crippen molar-refractivity contribution in [3.63, 3.8) is 0 Å². The number of hydrogen-bond donors (Lipinski definition) is 1. The van der Waals surface area contributed by atoms with E-state index in [9.17, 15) is 9.59 Å². The standard InChI is InChI=1S/C18H19NO5/c1-3-23-16-10-5-4-9-15(16)19-17(20)12-24-18(21)13-7-6-8-14(11-13)22-2/h4-11H,3,12H2,1-2H3,(H,19,20). The molecule has 6 nitrogen and oxygen atoms in total. The fourth-order valence-electron chi connectivity index (χ4n) is 2.00. The summed E-state index contributed by atoms with van der Waals surface area (Å²) in [6, 6.07) is 13.6. The van der Waals surface area contributed by atoms with Crippen molar-refractivity contribution in [3.8, 4) is 11.5 Å². The molecule has 0 bridgehead atoms. The molecule has 0 aromatic heterocycles. The minimum atomic E-state index is -0.595. The van der Waals surface area contributed by atoms with Crippen LogP contribution in [-0.4, -0.2) is 32.2 Å². The smallest absolute Gasteiger partial charge is 0.338 e. The van der Waals surface area contributed by atoms with Crippen LogP contribution in [0.5, 0.6) is 11.5 Å². The number of carbonyl (C=O) groups excluding carboxylic acids is 2. The molecule has 0 aliphatic carbocycles. The van der Waals surface area contributed by atoms with E-state index in [0.717, 1.165) is 0 Å². The average molecular weight is 329 g/mol. The number of amides is 1. The van der Waals surface area contributed by atoms with Gasteiger partial charge in [-0.2, -0.15) is 0 Å². The van der Waals surface area contributed by atoms with Gasteiger partial charge in [-0.3, -0.25) is 4.79 Å². The summed E-state index contributed by atoms with van der Waals surface area (Å²) in [6.07, 6.45) is 0. The van der Waals surface area contributed by atoms with Gasteiger partial charge in [0.2, 0.25) is 0 Å². The van der Waals surface area contributed by atoms with Crippen LogP contribution in [0.3, 0.4) is 0 Å². The van der Waals surface area contributed by atoms with Gasteiger partial charge in [0.15, 0.2) is 6.61 Å². The van der Waals surface area contributed by atoms with E-state index in [1.807, 2.05) is 13.0 Å². The fourth-order valence-corrected chi connectivity index (χ4v) is 2.00. The highest BCUT2D eigenvalue weighted by molar-refractivity contribution is 5.96. The van der Waals surface area contributed by atoms with E-state index >= 15 is 0 Å². The van der Waals surface area contributed by atoms with E-state index in [1.54, 1.807) is 42.5 Å². The van der Waals surface area contributed by atoms with E-state index in [0.29, 0.717) is 29.4 Å². The molecule has 0 aliphatic heterocycles. The Morgan fingerprint density at radius 1 is 1.08 bits per heavy atom. The third-order valence-electron chi connectivity index (χ3n) is 3.10. The lowest BCUT2D eigenvalue weighted by Gasteiger charge is -2.11. The molecule has 1 amide bonds. The van der Waals surface area contributed by atoms with Crippen molar-refractivity contribution in [2.75, 3.05) is 25.6 Å². The van der Waals surface area contributed by atoms with E-state index in [-0.39, 0.29) is 0 Å². The Kier molecular flexibility index (Phi) is 6.19. The molecule has 2 aromatic carbocycles. The average Bonchev–Trinajstić information content (AvgIpc) is 2.61. The highest BCUT2D eigenvalue weighted by Gasteiger charge is 2.12. The molecule has 2 aromatic rings. The zero-order valence-corrected chi connectivity index (χ0v) is 13.6. The van der Waals surface area contributed by atoms with Gasteiger partial charge in [0.05, 0.1) is 25.0 Å². The van der Waals surface area contributed by atoms with Gasteiger partial charge in [0, 0.05) is 0 Å². The van der Waals surface area contributed by atoms with Crippen LogP contribution in [0.2, 0.25) is 0 Å². The summed E-state index contributed by atoms with van der Waals surface area (Å²) in [7, 11) is 1.51. The number of benzene rings is 2. The van der Waals surface area contributed by atoms with Crippen LogP contribution < -0.4 is 14.8 Å². The topological polar surface area (TPSA) is 73.9 Å². The zero-order valence-electron chi connectivity index (χ0n) is 13.6. The van der Waals surface area contributed by atoms with Crippen molar-refractivity contribution >= 4 is 17.6 Å². The Labute approximate surface area is 140 Å². The number of ether oxygens (including phenoxy) is 3. The van der Waals surface area contributed by atoms with Gasteiger partial charge in [-0.25, -0.2) is 4.79 Å². The van der Waals surface area contributed by atoms with Crippen molar-refractivity contribution in [3.05, 3.63) is 54.1 Å². The van der Waals surface area contributed by atoms with Crippen molar-refractivity contribution in [1.29, 1.82) is 0 Å². The zero-order chi connectivity index (χ0) is 17.4. The van der Waals surface area contributed by atoms with Crippen LogP contribution in [-0.2, 0) is 9.53 Å². The Morgan fingerprint density at radius 2 is 1.88 bits per heavy atom. The molecule has 6 heteroatoms. The van der Waals surface area contributed by atoms with Crippen LogP contribution in [0.1, 0.15) is 17.3 Å². The van der Waals surface area contributed by atoms with Crippen LogP contribution in [0, 0.1) is 0 Å². The maximum atomic E-state index is 12.0. The molecular weight excluding hydrogens is 310 g/mol. The van der Waals surface area contributed by atoms with Gasteiger partial charge < -0.3 is 19.5 Å². The third-order valence-corrected chi connectivity index (χ3v) is 3.10. The molecule has 126 valence electrons. The number of anilines is 1. The summed E-state index contributed by atoms with van der Waals surface area (Å²) in [5, 5.41) is 2.66. The van der Waals surface area contributed by atoms with Crippen LogP contribution in [0.15, 0.2) is 48.5 Å². The molecule has 0 atom stereocenters. The molecule has 0 saturated carbocycles. The number of rotatable bonds is 7. The lowest BCUT2D eigenvalue weighted by atomic mass is 10.2. The molecule has 0 unspecified atom stereocenters. The van der Waals surface area contributed by atoms with Gasteiger partial charge in [-0.1, -0.05) is 18.2 Å². The maximum absolute atomic E-state index is 12.0. The Morgan fingerprint density at radius 3 is 2.62 bits per heavy atom. The fraction of sp³-hybridized carbons (Fsp3) is 0.222. The number of esters is 1. The summed E-state index contributed by atoms with van der Waals surface area (Å²) in [4.78, 5) is 23.9. The molecule has 0 aliphatic rings. The summed E-state index contributed by atoms with van der Waals surface area (Å²) in [6.45, 7) is 1.95. The Bertz CT molecular complexity index is 714. The summed E-state index contributed by atoms with van der Waals surface area (Å²) in [5.74, 6) is 0.0626. The first-order chi connectivity index (χ1) is 11.6. The van der Waals surface area contributed by atoms with E-state index in [1.165, 1.54) is 7.11 Å². The first-order valence-electron chi connectivity index (χ1n) is 7.47. The minimum absolute atomic E-state index is 0.317. The lowest BCUT2D eigenvalue weighted by molar-refractivity contribution is -0.119. The first kappa shape index (κ1) is 17.3. The number of para-hydroxylation sites is 2. The second-order valence-corrected chi connectivity index (χ2v) is 4.79. The Hall–Kier alpha value is -3.02. The molecule has 0 radical (unpaired) electrons. The quantitative estimate of drug-likeness (QED) is 0.791. The Balaban J connectivity index is 1.92. The van der Waals surface area contributed by atoms with Gasteiger partial charge in [-0.15, -0.1) is 0 Å².